The van der Waals surface area contributed by atoms with Gasteiger partial charge < -0.3 is 14.6 Å². The van der Waals surface area contributed by atoms with Gasteiger partial charge in [0.15, 0.2) is 11.4 Å². The highest BCUT2D eigenvalue weighted by Gasteiger charge is 2.19. The number of fused-ring (bicyclic) bond motifs is 1. The highest BCUT2D eigenvalue weighted by atomic mass is 16.5. The molecule has 0 amide bonds. The van der Waals surface area contributed by atoms with Crippen molar-refractivity contribution in [3.8, 4) is 17.2 Å². The van der Waals surface area contributed by atoms with Gasteiger partial charge in [-0.3, -0.25) is 0 Å². The molecule has 1 N–H and O–H groups in total. The minimum absolute atomic E-state index is 0.0948. The summed E-state index contributed by atoms with van der Waals surface area (Å²) >= 11 is 0. The zero-order valence-electron chi connectivity index (χ0n) is 15.8. The first-order chi connectivity index (χ1) is 14.1. The first-order valence-corrected chi connectivity index (χ1v) is 9.19. The number of aromatic nitrogens is 1. The molecule has 1 aromatic heterocycles. The van der Waals surface area contributed by atoms with E-state index in [1.807, 2.05) is 72.8 Å². The maximum Gasteiger partial charge on any atom is 0.358 e. The number of carboxylic acid groups (broad SMARTS) is 1. The minimum Gasteiger partial charge on any atom is -0.486 e. The van der Waals surface area contributed by atoms with Crippen LogP contribution in [-0.2, 0) is 6.61 Å². The van der Waals surface area contributed by atoms with Crippen molar-refractivity contribution in [2.24, 2.45) is 0 Å². The van der Waals surface area contributed by atoms with E-state index in [-0.39, 0.29) is 18.1 Å². The second-order valence-corrected chi connectivity index (χ2v) is 6.58. The van der Waals surface area contributed by atoms with Gasteiger partial charge in [-0.2, -0.15) is 0 Å². The molecule has 5 heteroatoms. The molecular weight excluding hydrogens is 366 g/mol. The Morgan fingerprint density at radius 1 is 0.897 bits per heavy atom. The van der Waals surface area contributed by atoms with E-state index >= 15 is 0 Å². The van der Waals surface area contributed by atoms with E-state index in [9.17, 15) is 9.90 Å². The summed E-state index contributed by atoms with van der Waals surface area (Å²) in [5.74, 6) is 0.502. The summed E-state index contributed by atoms with van der Waals surface area (Å²) in [6, 6.07) is 24.5. The lowest BCUT2D eigenvalue weighted by Gasteiger charge is -2.15. The second kappa shape index (κ2) is 8.02. The van der Waals surface area contributed by atoms with Crippen LogP contribution in [0.1, 0.15) is 21.7 Å². The van der Waals surface area contributed by atoms with Gasteiger partial charge in [-0.1, -0.05) is 48.5 Å². The number of aromatic carboxylic acids is 1. The van der Waals surface area contributed by atoms with Crippen molar-refractivity contribution in [1.82, 2.24) is 4.98 Å². The molecule has 0 saturated heterocycles. The zero-order valence-corrected chi connectivity index (χ0v) is 15.8. The quantitative estimate of drug-likeness (QED) is 0.467. The van der Waals surface area contributed by atoms with Gasteiger partial charge in [-0.25, -0.2) is 9.78 Å². The fourth-order valence-electron chi connectivity index (χ4n) is 3.14. The van der Waals surface area contributed by atoms with E-state index in [0.29, 0.717) is 16.8 Å². The molecule has 4 aromatic rings. The number of benzene rings is 3. The van der Waals surface area contributed by atoms with Crippen molar-refractivity contribution in [3.05, 3.63) is 95.8 Å². The van der Waals surface area contributed by atoms with Gasteiger partial charge >= 0.3 is 5.97 Å². The lowest BCUT2D eigenvalue weighted by Crippen LogP contribution is -2.08. The zero-order chi connectivity index (χ0) is 20.2. The topological polar surface area (TPSA) is 68.7 Å². The molecule has 5 nitrogen and oxygen atoms in total. The minimum atomic E-state index is -1.12. The molecule has 0 aliphatic heterocycles. The van der Waals surface area contributed by atoms with Crippen molar-refractivity contribution in [1.29, 1.82) is 0 Å². The van der Waals surface area contributed by atoms with E-state index < -0.39 is 5.97 Å². The Kier molecular flexibility index (Phi) is 5.12. The summed E-state index contributed by atoms with van der Waals surface area (Å²) in [5, 5.41) is 11.1. The Labute approximate surface area is 168 Å². The van der Waals surface area contributed by atoms with Crippen LogP contribution in [0.5, 0.6) is 17.2 Å². The number of para-hydroxylation sites is 1. The Bertz CT molecular complexity index is 1160. The normalized spacial score (nSPS) is 10.7. The second-order valence-electron chi connectivity index (χ2n) is 6.58. The smallest absolute Gasteiger partial charge is 0.358 e. The van der Waals surface area contributed by atoms with Crippen LogP contribution in [0.3, 0.4) is 0 Å². The average Bonchev–Trinajstić information content (AvgIpc) is 2.74. The fraction of sp³-hybridized carbons (Fsp3) is 0.0833. The third-order valence-electron chi connectivity index (χ3n) is 4.53. The van der Waals surface area contributed by atoms with E-state index in [1.165, 1.54) is 0 Å². The number of pyridine rings is 1. The van der Waals surface area contributed by atoms with Gasteiger partial charge in [-0.15, -0.1) is 0 Å². The number of rotatable bonds is 6. The summed E-state index contributed by atoms with van der Waals surface area (Å²) < 4.78 is 11.8. The molecule has 0 radical (unpaired) electrons. The fourth-order valence-corrected chi connectivity index (χ4v) is 3.14. The maximum atomic E-state index is 11.8. The predicted octanol–water partition coefficient (Wildman–Crippen LogP) is 5.61. The summed E-state index contributed by atoms with van der Waals surface area (Å²) in [7, 11) is 0. The molecular formula is C24H19NO4. The number of carbonyl (C=O) groups is 1. The van der Waals surface area contributed by atoms with Crippen LogP contribution >= 0.6 is 0 Å². The molecule has 0 spiro atoms. The Morgan fingerprint density at radius 2 is 1.59 bits per heavy atom. The molecule has 0 saturated carbocycles. The monoisotopic (exact) mass is 385 g/mol. The molecule has 3 aromatic carbocycles. The molecule has 0 aliphatic rings. The van der Waals surface area contributed by atoms with Crippen molar-refractivity contribution in [2.45, 2.75) is 13.5 Å². The SMILES string of the molecule is Cc1nc(C(=O)O)c(OCc2ccccc2)c2ccc(Oc3ccccc3)cc12. The van der Waals surface area contributed by atoms with Crippen LogP contribution in [-0.4, -0.2) is 16.1 Å². The molecule has 29 heavy (non-hydrogen) atoms. The molecule has 0 unspecified atom stereocenters. The highest BCUT2D eigenvalue weighted by Crippen LogP contribution is 2.34. The summed E-state index contributed by atoms with van der Waals surface area (Å²) in [5.41, 5.74) is 1.45. The van der Waals surface area contributed by atoms with Crippen LogP contribution in [0.2, 0.25) is 0 Å². The number of carboxylic acids is 1. The third kappa shape index (κ3) is 4.04. The number of hydrogen-bond donors (Lipinski definition) is 1. The lowest BCUT2D eigenvalue weighted by molar-refractivity contribution is 0.0685. The Balaban J connectivity index is 1.74. The van der Waals surface area contributed by atoms with E-state index in [4.69, 9.17) is 9.47 Å². The molecule has 0 fully saturated rings. The number of ether oxygens (including phenoxy) is 2. The summed E-state index contributed by atoms with van der Waals surface area (Å²) in [4.78, 5) is 16.1. The van der Waals surface area contributed by atoms with Crippen LogP contribution in [0.4, 0.5) is 0 Å². The first-order valence-electron chi connectivity index (χ1n) is 9.19. The van der Waals surface area contributed by atoms with Crippen molar-refractivity contribution in [3.63, 3.8) is 0 Å². The largest absolute Gasteiger partial charge is 0.486 e. The number of hydrogen-bond acceptors (Lipinski definition) is 4. The van der Waals surface area contributed by atoms with Crippen LogP contribution in [0.25, 0.3) is 10.8 Å². The van der Waals surface area contributed by atoms with Crippen molar-refractivity contribution >= 4 is 16.7 Å². The van der Waals surface area contributed by atoms with Gasteiger partial charge in [0.25, 0.3) is 0 Å². The van der Waals surface area contributed by atoms with Gasteiger partial charge in [0, 0.05) is 16.5 Å². The van der Waals surface area contributed by atoms with Crippen molar-refractivity contribution < 1.29 is 19.4 Å². The molecule has 0 bridgehead atoms. The molecule has 0 aliphatic carbocycles. The van der Waals surface area contributed by atoms with Crippen molar-refractivity contribution in [2.75, 3.05) is 0 Å². The third-order valence-corrected chi connectivity index (χ3v) is 4.53. The van der Waals surface area contributed by atoms with E-state index in [0.717, 1.165) is 16.7 Å². The number of nitrogens with zero attached hydrogens (tertiary/aromatic N) is 1. The average molecular weight is 385 g/mol. The predicted molar refractivity (Wildman–Crippen MR) is 111 cm³/mol. The van der Waals surface area contributed by atoms with Gasteiger partial charge in [0.2, 0.25) is 0 Å². The number of aryl methyl sites for hydroxylation is 1. The summed E-state index contributed by atoms with van der Waals surface area (Å²) in [6.07, 6.45) is 0. The van der Waals surface area contributed by atoms with Gasteiger partial charge in [0.1, 0.15) is 18.1 Å². The lowest BCUT2D eigenvalue weighted by atomic mass is 10.1. The van der Waals surface area contributed by atoms with Gasteiger partial charge in [0.05, 0.1) is 0 Å². The molecule has 0 atom stereocenters. The first kappa shape index (κ1) is 18.5. The maximum absolute atomic E-state index is 11.8. The van der Waals surface area contributed by atoms with Gasteiger partial charge in [-0.05, 0) is 42.8 Å². The summed E-state index contributed by atoms with van der Waals surface area (Å²) in [6.45, 7) is 2.03. The van der Waals surface area contributed by atoms with E-state index in [2.05, 4.69) is 4.98 Å². The van der Waals surface area contributed by atoms with Crippen LogP contribution in [0.15, 0.2) is 78.9 Å². The highest BCUT2D eigenvalue weighted by molar-refractivity contribution is 6.00. The van der Waals surface area contributed by atoms with E-state index in [1.54, 1.807) is 13.0 Å². The Morgan fingerprint density at radius 3 is 2.28 bits per heavy atom. The molecule has 1 heterocycles. The molecule has 4 rings (SSSR count). The molecule has 144 valence electrons. The Hall–Kier alpha value is -3.86. The standard InChI is InChI=1S/C24H19NO4/c1-16-21-14-19(29-18-10-6-3-7-11-18)12-13-20(21)23(22(25-16)24(26)27)28-15-17-8-4-2-5-9-17/h2-14H,15H2,1H3,(H,26,27). The van der Waals surface area contributed by atoms with Crippen LogP contribution < -0.4 is 9.47 Å². The van der Waals surface area contributed by atoms with Crippen LogP contribution in [0, 0.1) is 6.92 Å².